The Bertz CT molecular complexity index is 173. The summed E-state index contributed by atoms with van der Waals surface area (Å²) in [5.41, 5.74) is 2.14. The van der Waals surface area contributed by atoms with E-state index in [0.29, 0.717) is 6.42 Å². The minimum Gasteiger partial charge on any atom is -0.309 e. The SMILES string of the molecule is CCN(CCCN(C)C)CCC(=O)NN. The monoisotopic (exact) mass is 216 g/mol. The summed E-state index contributed by atoms with van der Waals surface area (Å²) in [4.78, 5) is 15.4. The largest absolute Gasteiger partial charge is 0.309 e. The molecular formula is C10H24N4O. The lowest BCUT2D eigenvalue weighted by atomic mass is 10.3. The van der Waals surface area contributed by atoms with Gasteiger partial charge in [0.2, 0.25) is 5.91 Å². The topological polar surface area (TPSA) is 61.6 Å². The number of nitrogens with zero attached hydrogens (tertiary/aromatic N) is 2. The minimum absolute atomic E-state index is 0.0962. The number of hydrazine groups is 1. The molecule has 0 bridgehead atoms. The number of carbonyl (C=O) groups excluding carboxylic acids is 1. The normalized spacial score (nSPS) is 11.1. The third-order valence-electron chi connectivity index (χ3n) is 2.34. The van der Waals surface area contributed by atoms with Crippen molar-refractivity contribution < 1.29 is 4.79 Å². The molecular weight excluding hydrogens is 192 g/mol. The summed E-state index contributed by atoms with van der Waals surface area (Å²) in [5, 5.41) is 0. The molecule has 0 aliphatic rings. The van der Waals surface area contributed by atoms with Crippen LogP contribution in [-0.4, -0.2) is 56.0 Å². The highest BCUT2D eigenvalue weighted by atomic mass is 16.2. The molecule has 0 fully saturated rings. The quantitative estimate of drug-likeness (QED) is 0.330. The van der Waals surface area contributed by atoms with E-state index in [9.17, 15) is 4.79 Å². The van der Waals surface area contributed by atoms with E-state index in [1.54, 1.807) is 0 Å². The summed E-state index contributed by atoms with van der Waals surface area (Å²) in [5.74, 6) is 4.92. The van der Waals surface area contributed by atoms with E-state index in [1.165, 1.54) is 0 Å². The van der Waals surface area contributed by atoms with Gasteiger partial charge in [-0.1, -0.05) is 6.92 Å². The molecule has 90 valence electrons. The lowest BCUT2D eigenvalue weighted by Gasteiger charge is -2.20. The number of amides is 1. The third-order valence-corrected chi connectivity index (χ3v) is 2.34. The molecule has 0 rings (SSSR count). The van der Waals surface area contributed by atoms with Crippen molar-refractivity contribution >= 4 is 5.91 Å². The molecule has 5 nitrogen and oxygen atoms in total. The van der Waals surface area contributed by atoms with E-state index in [4.69, 9.17) is 5.84 Å². The Morgan fingerprint density at radius 3 is 2.40 bits per heavy atom. The molecule has 0 saturated carbocycles. The highest BCUT2D eigenvalue weighted by Crippen LogP contribution is 1.94. The lowest BCUT2D eigenvalue weighted by Crippen LogP contribution is -2.35. The molecule has 5 heteroatoms. The molecule has 15 heavy (non-hydrogen) atoms. The maximum Gasteiger partial charge on any atom is 0.235 e. The first-order valence-electron chi connectivity index (χ1n) is 5.46. The van der Waals surface area contributed by atoms with Gasteiger partial charge >= 0.3 is 0 Å². The van der Waals surface area contributed by atoms with Crippen LogP contribution in [-0.2, 0) is 4.79 Å². The van der Waals surface area contributed by atoms with Gasteiger partial charge in [-0.25, -0.2) is 5.84 Å². The van der Waals surface area contributed by atoms with Crippen molar-refractivity contribution in [2.45, 2.75) is 19.8 Å². The number of rotatable bonds is 8. The maximum absolute atomic E-state index is 10.9. The van der Waals surface area contributed by atoms with Gasteiger partial charge in [-0.15, -0.1) is 0 Å². The molecule has 0 aliphatic heterocycles. The smallest absolute Gasteiger partial charge is 0.235 e. The number of carbonyl (C=O) groups is 1. The van der Waals surface area contributed by atoms with E-state index >= 15 is 0 Å². The fourth-order valence-electron chi connectivity index (χ4n) is 1.37. The first kappa shape index (κ1) is 14.3. The van der Waals surface area contributed by atoms with Crippen LogP contribution >= 0.6 is 0 Å². The molecule has 0 saturated heterocycles. The van der Waals surface area contributed by atoms with Crippen molar-refractivity contribution in [3.05, 3.63) is 0 Å². The van der Waals surface area contributed by atoms with Gasteiger partial charge in [0.15, 0.2) is 0 Å². The number of nitrogens with one attached hydrogen (secondary N) is 1. The average molecular weight is 216 g/mol. The highest BCUT2D eigenvalue weighted by molar-refractivity contribution is 5.75. The molecule has 0 heterocycles. The highest BCUT2D eigenvalue weighted by Gasteiger charge is 2.05. The Hall–Kier alpha value is -0.650. The van der Waals surface area contributed by atoms with Crippen molar-refractivity contribution in [2.75, 3.05) is 40.3 Å². The summed E-state index contributed by atoms with van der Waals surface area (Å²) in [6.45, 7) is 5.99. The van der Waals surface area contributed by atoms with Crippen LogP contribution < -0.4 is 11.3 Å². The van der Waals surface area contributed by atoms with Gasteiger partial charge in [-0.05, 0) is 40.2 Å². The molecule has 0 aromatic rings. The fourth-order valence-corrected chi connectivity index (χ4v) is 1.37. The summed E-state index contributed by atoms with van der Waals surface area (Å²) >= 11 is 0. The molecule has 0 radical (unpaired) electrons. The predicted molar refractivity (Wildman–Crippen MR) is 62.2 cm³/mol. The first-order valence-corrected chi connectivity index (χ1v) is 5.46. The Kier molecular flexibility index (Phi) is 8.27. The zero-order chi connectivity index (χ0) is 11.7. The van der Waals surface area contributed by atoms with Crippen molar-refractivity contribution in [3.8, 4) is 0 Å². The number of hydrogen-bond acceptors (Lipinski definition) is 4. The molecule has 0 atom stereocenters. The lowest BCUT2D eigenvalue weighted by molar-refractivity contribution is -0.121. The predicted octanol–water partition coefficient (Wildman–Crippen LogP) is -0.360. The van der Waals surface area contributed by atoms with Gasteiger partial charge in [-0.2, -0.15) is 0 Å². The van der Waals surface area contributed by atoms with Crippen molar-refractivity contribution in [1.29, 1.82) is 0 Å². The van der Waals surface area contributed by atoms with Crippen molar-refractivity contribution in [2.24, 2.45) is 5.84 Å². The average Bonchev–Trinajstić information content (AvgIpc) is 2.22. The Labute approximate surface area is 92.6 Å². The molecule has 0 aromatic heterocycles. The second-order valence-electron chi connectivity index (χ2n) is 3.91. The van der Waals surface area contributed by atoms with Crippen LogP contribution in [0, 0.1) is 0 Å². The summed E-state index contributed by atoms with van der Waals surface area (Å²) in [6, 6.07) is 0. The van der Waals surface area contributed by atoms with Crippen molar-refractivity contribution in [3.63, 3.8) is 0 Å². The van der Waals surface area contributed by atoms with Gasteiger partial charge in [-0.3, -0.25) is 10.2 Å². The molecule has 3 N–H and O–H groups in total. The van der Waals surface area contributed by atoms with Crippen molar-refractivity contribution in [1.82, 2.24) is 15.2 Å². The first-order chi connectivity index (χ1) is 7.10. The second kappa shape index (κ2) is 8.64. The zero-order valence-electron chi connectivity index (χ0n) is 10.1. The van der Waals surface area contributed by atoms with E-state index in [0.717, 1.165) is 32.6 Å². The van der Waals surface area contributed by atoms with Gasteiger partial charge in [0.05, 0.1) is 0 Å². The van der Waals surface area contributed by atoms with Gasteiger partial charge in [0, 0.05) is 13.0 Å². The van der Waals surface area contributed by atoms with Crippen LogP contribution in [0.25, 0.3) is 0 Å². The minimum atomic E-state index is -0.0962. The molecule has 0 spiro atoms. The maximum atomic E-state index is 10.9. The van der Waals surface area contributed by atoms with Crippen LogP contribution in [0.15, 0.2) is 0 Å². The van der Waals surface area contributed by atoms with E-state index in [-0.39, 0.29) is 5.91 Å². The Morgan fingerprint density at radius 2 is 1.93 bits per heavy atom. The standard InChI is InChI=1S/C10H24N4O/c1-4-14(8-5-7-13(2)3)9-6-10(15)12-11/h4-9,11H2,1-3H3,(H,12,15). The van der Waals surface area contributed by atoms with E-state index < -0.39 is 0 Å². The number of nitrogens with two attached hydrogens (primary N) is 1. The van der Waals surface area contributed by atoms with E-state index in [1.807, 2.05) is 0 Å². The Balaban J connectivity index is 3.59. The fraction of sp³-hybridized carbons (Fsp3) is 0.900. The summed E-state index contributed by atoms with van der Waals surface area (Å²) < 4.78 is 0. The van der Waals surface area contributed by atoms with Crippen LogP contribution in [0.4, 0.5) is 0 Å². The Morgan fingerprint density at radius 1 is 1.27 bits per heavy atom. The van der Waals surface area contributed by atoms with Crippen LogP contribution in [0.3, 0.4) is 0 Å². The molecule has 0 unspecified atom stereocenters. The molecule has 0 aliphatic carbocycles. The molecule has 0 aromatic carbocycles. The molecule has 1 amide bonds. The van der Waals surface area contributed by atoms with Gasteiger partial charge in [0.25, 0.3) is 0 Å². The van der Waals surface area contributed by atoms with Crippen LogP contribution in [0.5, 0.6) is 0 Å². The number of hydrogen-bond donors (Lipinski definition) is 2. The zero-order valence-corrected chi connectivity index (χ0v) is 10.1. The summed E-state index contributed by atoms with van der Waals surface area (Å²) in [7, 11) is 4.14. The van der Waals surface area contributed by atoms with Crippen LogP contribution in [0.1, 0.15) is 19.8 Å². The van der Waals surface area contributed by atoms with Gasteiger partial charge in [0.1, 0.15) is 0 Å². The van der Waals surface area contributed by atoms with Gasteiger partial charge < -0.3 is 9.80 Å². The third kappa shape index (κ3) is 8.35. The van der Waals surface area contributed by atoms with Crippen LogP contribution in [0.2, 0.25) is 0 Å². The van der Waals surface area contributed by atoms with E-state index in [2.05, 4.69) is 36.2 Å². The second-order valence-corrected chi connectivity index (χ2v) is 3.91. The summed E-state index contributed by atoms with van der Waals surface area (Å²) in [6.07, 6.45) is 1.61.